The predicted octanol–water partition coefficient (Wildman–Crippen LogP) is 3.16. The van der Waals surface area contributed by atoms with Gasteiger partial charge in [0.25, 0.3) is 5.91 Å². The number of ether oxygens (including phenoxy) is 1. The van der Waals surface area contributed by atoms with Gasteiger partial charge in [0.1, 0.15) is 5.75 Å². The van der Waals surface area contributed by atoms with Gasteiger partial charge < -0.3 is 15.0 Å². The average molecular weight is 410 g/mol. The third-order valence-electron chi connectivity index (χ3n) is 5.45. The van der Waals surface area contributed by atoms with E-state index in [2.05, 4.69) is 10.2 Å². The van der Waals surface area contributed by atoms with Crippen molar-refractivity contribution in [2.75, 3.05) is 38.0 Å². The van der Waals surface area contributed by atoms with Gasteiger partial charge >= 0.3 is 0 Å². The van der Waals surface area contributed by atoms with E-state index < -0.39 is 6.10 Å². The number of anilines is 1. The lowest BCUT2D eigenvalue weighted by molar-refractivity contribution is -0.139. The lowest BCUT2D eigenvalue weighted by Gasteiger charge is -2.35. The number of carbonyl (C=O) groups excluding carboxylic acids is 2. The molecule has 1 atom stereocenters. The maximum atomic E-state index is 12.7. The first-order valence-electron chi connectivity index (χ1n) is 10.4. The Bertz CT molecular complexity index is 884. The number of hydrogen-bond donors (Lipinski definition) is 1. The molecule has 0 unspecified atom stereocenters. The average Bonchev–Trinajstić information content (AvgIpc) is 2.71. The van der Waals surface area contributed by atoms with E-state index in [1.54, 1.807) is 6.92 Å². The molecule has 1 N–H and O–H groups in total. The van der Waals surface area contributed by atoms with E-state index in [-0.39, 0.29) is 11.8 Å². The zero-order valence-corrected chi connectivity index (χ0v) is 18.3. The Balaban J connectivity index is 1.47. The van der Waals surface area contributed by atoms with Crippen molar-refractivity contribution >= 4 is 17.5 Å². The van der Waals surface area contributed by atoms with Gasteiger partial charge in [-0.1, -0.05) is 30.3 Å². The third kappa shape index (κ3) is 5.60. The minimum Gasteiger partial charge on any atom is -0.481 e. The first-order valence-corrected chi connectivity index (χ1v) is 10.4. The van der Waals surface area contributed by atoms with E-state index in [4.69, 9.17) is 4.74 Å². The molecule has 1 heterocycles. The molecule has 3 rings (SSSR count). The molecule has 0 aromatic heterocycles. The fraction of sp³-hybridized carbons (Fsp3) is 0.417. The van der Waals surface area contributed by atoms with Crippen molar-refractivity contribution in [3.8, 4) is 5.75 Å². The second-order valence-corrected chi connectivity index (χ2v) is 7.99. The molecular formula is C24H31N3O3. The topological polar surface area (TPSA) is 61.9 Å². The fourth-order valence-corrected chi connectivity index (χ4v) is 3.72. The number of aryl methyl sites for hydroxylation is 3. The van der Waals surface area contributed by atoms with Crippen LogP contribution >= 0.6 is 0 Å². The van der Waals surface area contributed by atoms with Crippen LogP contribution in [0.15, 0.2) is 42.5 Å². The molecule has 30 heavy (non-hydrogen) atoms. The second-order valence-electron chi connectivity index (χ2n) is 7.99. The van der Waals surface area contributed by atoms with Gasteiger partial charge in [-0.2, -0.15) is 0 Å². The number of carbonyl (C=O) groups is 2. The predicted molar refractivity (Wildman–Crippen MR) is 119 cm³/mol. The van der Waals surface area contributed by atoms with Gasteiger partial charge in [-0.3, -0.25) is 14.5 Å². The number of piperazine rings is 1. The summed E-state index contributed by atoms with van der Waals surface area (Å²) in [7, 11) is 0. The van der Waals surface area contributed by atoms with Crippen molar-refractivity contribution in [3.63, 3.8) is 0 Å². The number of para-hydroxylation sites is 1. The number of nitrogens with one attached hydrogen (secondary N) is 1. The van der Waals surface area contributed by atoms with Gasteiger partial charge in [0.2, 0.25) is 5.91 Å². The fourth-order valence-electron chi connectivity index (χ4n) is 3.72. The van der Waals surface area contributed by atoms with Crippen LogP contribution in [0.5, 0.6) is 5.75 Å². The Hall–Kier alpha value is -2.86. The summed E-state index contributed by atoms with van der Waals surface area (Å²) in [6.45, 7) is 10.6. The molecule has 2 aromatic carbocycles. The normalized spacial score (nSPS) is 15.5. The molecule has 1 saturated heterocycles. The highest BCUT2D eigenvalue weighted by Gasteiger charge is 2.27. The van der Waals surface area contributed by atoms with Crippen LogP contribution in [0.4, 0.5) is 5.69 Å². The second kappa shape index (κ2) is 9.76. The van der Waals surface area contributed by atoms with Crippen LogP contribution in [0, 0.1) is 20.8 Å². The van der Waals surface area contributed by atoms with Gasteiger partial charge in [-0.25, -0.2) is 0 Å². The van der Waals surface area contributed by atoms with Crippen molar-refractivity contribution in [2.45, 2.75) is 33.8 Å². The zero-order valence-electron chi connectivity index (χ0n) is 18.3. The molecule has 0 saturated carbocycles. The first-order chi connectivity index (χ1) is 14.3. The molecule has 2 amide bonds. The van der Waals surface area contributed by atoms with Crippen LogP contribution in [-0.2, 0) is 9.59 Å². The molecule has 1 fully saturated rings. The van der Waals surface area contributed by atoms with Crippen LogP contribution in [0.1, 0.15) is 23.6 Å². The molecule has 2 aromatic rings. The van der Waals surface area contributed by atoms with E-state index in [1.165, 1.54) is 0 Å². The summed E-state index contributed by atoms with van der Waals surface area (Å²) in [6, 6.07) is 13.7. The lowest BCUT2D eigenvalue weighted by atomic mass is 10.1. The minimum atomic E-state index is -0.536. The highest BCUT2D eigenvalue weighted by atomic mass is 16.5. The first kappa shape index (κ1) is 21.8. The van der Waals surface area contributed by atoms with Gasteiger partial charge in [0.15, 0.2) is 6.10 Å². The Morgan fingerprint density at radius 3 is 2.27 bits per heavy atom. The Labute approximate surface area is 178 Å². The van der Waals surface area contributed by atoms with Crippen LogP contribution in [-0.4, -0.2) is 60.4 Å². The number of rotatable bonds is 6. The van der Waals surface area contributed by atoms with Crippen molar-refractivity contribution in [2.24, 2.45) is 0 Å². The summed E-state index contributed by atoms with van der Waals surface area (Å²) in [6.07, 6.45) is -0.536. The zero-order chi connectivity index (χ0) is 21.7. The molecular weight excluding hydrogens is 378 g/mol. The van der Waals surface area contributed by atoms with Crippen molar-refractivity contribution < 1.29 is 14.3 Å². The molecule has 1 aliphatic rings. The Morgan fingerprint density at radius 1 is 1.00 bits per heavy atom. The highest BCUT2D eigenvalue weighted by Crippen LogP contribution is 2.19. The van der Waals surface area contributed by atoms with Gasteiger partial charge in [0.05, 0.1) is 6.54 Å². The molecule has 6 heteroatoms. The largest absolute Gasteiger partial charge is 0.481 e. The molecule has 160 valence electrons. The van der Waals surface area contributed by atoms with Gasteiger partial charge in [-0.15, -0.1) is 0 Å². The van der Waals surface area contributed by atoms with Crippen molar-refractivity contribution in [1.82, 2.24) is 9.80 Å². The van der Waals surface area contributed by atoms with Crippen LogP contribution in [0.2, 0.25) is 0 Å². The van der Waals surface area contributed by atoms with Gasteiger partial charge in [-0.05, 0) is 56.5 Å². The number of hydrogen-bond acceptors (Lipinski definition) is 4. The summed E-state index contributed by atoms with van der Waals surface area (Å²) >= 11 is 0. The molecule has 0 bridgehead atoms. The number of benzene rings is 2. The summed E-state index contributed by atoms with van der Waals surface area (Å²) < 4.78 is 5.82. The van der Waals surface area contributed by atoms with Crippen LogP contribution in [0.3, 0.4) is 0 Å². The third-order valence-corrected chi connectivity index (χ3v) is 5.45. The van der Waals surface area contributed by atoms with E-state index >= 15 is 0 Å². The molecule has 1 aliphatic heterocycles. The minimum absolute atomic E-state index is 0.0175. The monoisotopic (exact) mass is 409 g/mol. The van der Waals surface area contributed by atoms with E-state index in [0.717, 1.165) is 22.4 Å². The van der Waals surface area contributed by atoms with Crippen molar-refractivity contribution in [3.05, 3.63) is 59.2 Å². The smallest absolute Gasteiger partial charge is 0.263 e. The number of nitrogens with zero attached hydrogens (tertiary/aromatic N) is 2. The van der Waals surface area contributed by atoms with E-state index in [9.17, 15) is 9.59 Å². The quantitative estimate of drug-likeness (QED) is 0.796. The standard InChI is InChI=1S/C24H31N3O3/c1-17-7-5-10-21(15-17)30-20(4)24(29)27-13-11-26(12-14-27)16-22(28)25-23-18(2)8-6-9-19(23)3/h5-10,15,20H,11-14,16H2,1-4H3,(H,25,28)/t20-/m1/s1. The molecule has 0 spiro atoms. The van der Waals surface area contributed by atoms with E-state index in [1.807, 2.05) is 68.1 Å². The van der Waals surface area contributed by atoms with Crippen molar-refractivity contribution in [1.29, 1.82) is 0 Å². The number of amides is 2. The summed E-state index contributed by atoms with van der Waals surface area (Å²) in [5.41, 5.74) is 4.10. The SMILES string of the molecule is Cc1cccc(O[C@H](C)C(=O)N2CCN(CC(=O)Nc3c(C)cccc3C)CC2)c1. The van der Waals surface area contributed by atoms with Crippen LogP contribution < -0.4 is 10.1 Å². The maximum absolute atomic E-state index is 12.7. The molecule has 0 radical (unpaired) electrons. The molecule has 6 nitrogen and oxygen atoms in total. The lowest BCUT2D eigenvalue weighted by Crippen LogP contribution is -2.53. The highest BCUT2D eigenvalue weighted by molar-refractivity contribution is 5.93. The summed E-state index contributed by atoms with van der Waals surface area (Å²) in [5, 5.41) is 3.03. The maximum Gasteiger partial charge on any atom is 0.263 e. The summed E-state index contributed by atoms with van der Waals surface area (Å²) in [5.74, 6) is 0.664. The summed E-state index contributed by atoms with van der Waals surface area (Å²) in [4.78, 5) is 29.1. The van der Waals surface area contributed by atoms with Crippen LogP contribution in [0.25, 0.3) is 0 Å². The van der Waals surface area contributed by atoms with E-state index in [0.29, 0.717) is 38.5 Å². The Kier molecular flexibility index (Phi) is 7.11. The van der Waals surface area contributed by atoms with Gasteiger partial charge in [0, 0.05) is 31.9 Å². The molecule has 0 aliphatic carbocycles. The Morgan fingerprint density at radius 2 is 1.63 bits per heavy atom.